The molecule has 6 heteroatoms. The van der Waals surface area contributed by atoms with Gasteiger partial charge in [-0.05, 0) is 47.8 Å². The second-order valence-electron chi connectivity index (χ2n) is 4.72. The molecule has 2 N–H and O–H groups in total. The van der Waals surface area contributed by atoms with Crippen molar-refractivity contribution < 1.29 is 0 Å². The van der Waals surface area contributed by atoms with E-state index < -0.39 is 0 Å². The molecule has 0 spiro atoms. The standard InChI is InChI=1S/C13H19BrN4O/c1-2-7-18-13(19)12(14)11(9-17-18)16-6-4-10-3-5-15-8-10/h2,9-10,15-16H,1,3-8H2. The molecule has 19 heavy (non-hydrogen) atoms. The van der Waals surface area contributed by atoms with Gasteiger partial charge >= 0.3 is 0 Å². The summed E-state index contributed by atoms with van der Waals surface area (Å²) in [5, 5.41) is 10.7. The first-order chi connectivity index (χ1) is 9.22. The van der Waals surface area contributed by atoms with Crippen LogP contribution in [0.15, 0.2) is 28.1 Å². The molecule has 1 aromatic rings. The third kappa shape index (κ3) is 3.67. The molecule has 104 valence electrons. The summed E-state index contributed by atoms with van der Waals surface area (Å²) >= 11 is 3.33. The average molecular weight is 327 g/mol. The molecule has 1 atom stereocenters. The number of nitrogens with zero attached hydrogens (tertiary/aromatic N) is 2. The van der Waals surface area contributed by atoms with E-state index >= 15 is 0 Å². The van der Waals surface area contributed by atoms with Crippen LogP contribution >= 0.6 is 15.9 Å². The van der Waals surface area contributed by atoms with Crippen molar-refractivity contribution in [1.82, 2.24) is 15.1 Å². The first kappa shape index (κ1) is 14.3. The number of hydrogen-bond donors (Lipinski definition) is 2. The predicted molar refractivity (Wildman–Crippen MR) is 80.5 cm³/mol. The molecule has 2 rings (SSSR count). The van der Waals surface area contributed by atoms with Gasteiger partial charge in [0.15, 0.2) is 0 Å². The van der Waals surface area contributed by atoms with E-state index in [0.717, 1.165) is 37.7 Å². The highest BCUT2D eigenvalue weighted by molar-refractivity contribution is 9.10. The van der Waals surface area contributed by atoms with E-state index in [4.69, 9.17) is 0 Å². The number of rotatable bonds is 6. The molecule has 1 fully saturated rings. The molecule has 1 saturated heterocycles. The van der Waals surface area contributed by atoms with Crippen LogP contribution in [-0.2, 0) is 6.54 Å². The van der Waals surface area contributed by atoms with E-state index in [1.807, 2.05) is 0 Å². The second kappa shape index (κ2) is 6.86. The van der Waals surface area contributed by atoms with E-state index in [2.05, 4.69) is 38.2 Å². The monoisotopic (exact) mass is 326 g/mol. The number of hydrogen-bond acceptors (Lipinski definition) is 4. The van der Waals surface area contributed by atoms with E-state index in [9.17, 15) is 4.79 Å². The van der Waals surface area contributed by atoms with Gasteiger partial charge < -0.3 is 10.6 Å². The van der Waals surface area contributed by atoms with Crippen LogP contribution in [-0.4, -0.2) is 29.4 Å². The van der Waals surface area contributed by atoms with Crippen LogP contribution in [0.1, 0.15) is 12.8 Å². The van der Waals surface area contributed by atoms with Gasteiger partial charge in [0, 0.05) is 6.54 Å². The first-order valence-corrected chi connectivity index (χ1v) is 7.32. The minimum absolute atomic E-state index is 0.132. The number of anilines is 1. The van der Waals surface area contributed by atoms with Crippen LogP contribution in [0.25, 0.3) is 0 Å². The number of allylic oxidation sites excluding steroid dienone is 1. The molecule has 0 bridgehead atoms. The third-order valence-electron chi connectivity index (χ3n) is 3.32. The van der Waals surface area contributed by atoms with Crippen LogP contribution in [0.3, 0.4) is 0 Å². The predicted octanol–water partition coefficient (Wildman–Crippen LogP) is 1.60. The van der Waals surface area contributed by atoms with Crippen molar-refractivity contribution in [1.29, 1.82) is 0 Å². The largest absolute Gasteiger partial charge is 0.383 e. The van der Waals surface area contributed by atoms with Gasteiger partial charge in [0.1, 0.15) is 4.47 Å². The summed E-state index contributed by atoms with van der Waals surface area (Å²) in [6.45, 7) is 7.10. The Morgan fingerprint density at radius 2 is 2.53 bits per heavy atom. The summed E-state index contributed by atoms with van der Waals surface area (Å²) in [5.74, 6) is 0.736. The van der Waals surface area contributed by atoms with Gasteiger partial charge in [0.2, 0.25) is 0 Å². The summed E-state index contributed by atoms with van der Waals surface area (Å²) in [5.41, 5.74) is 0.628. The molecular formula is C13H19BrN4O. The molecule has 2 heterocycles. The highest BCUT2D eigenvalue weighted by Crippen LogP contribution is 2.17. The fourth-order valence-corrected chi connectivity index (χ4v) is 2.66. The summed E-state index contributed by atoms with van der Waals surface area (Å²) in [7, 11) is 0. The molecule has 0 amide bonds. The zero-order valence-electron chi connectivity index (χ0n) is 10.9. The molecule has 0 saturated carbocycles. The third-order valence-corrected chi connectivity index (χ3v) is 4.08. The van der Waals surface area contributed by atoms with E-state index in [1.165, 1.54) is 11.1 Å². The molecule has 1 aliphatic heterocycles. The van der Waals surface area contributed by atoms with Crippen LogP contribution in [0.2, 0.25) is 0 Å². The Hall–Kier alpha value is -1.14. The van der Waals surface area contributed by atoms with Gasteiger partial charge in [-0.15, -0.1) is 6.58 Å². The Morgan fingerprint density at radius 1 is 1.68 bits per heavy atom. The Labute approximate surface area is 121 Å². The van der Waals surface area contributed by atoms with Crippen molar-refractivity contribution in [3.8, 4) is 0 Å². The maximum absolute atomic E-state index is 12.0. The zero-order valence-corrected chi connectivity index (χ0v) is 12.4. The Kier molecular flexibility index (Phi) is 5.15. The molecular weight excluding hydrogens is 308 g/mol. The lowest BCUT2D eigenvalue weighted by molar-refractivity contribution is 0.549. The molecule has 1 aliphatic rings. The van der Waals surface area contributed by atoms with Crippen LogP contribution in [0.5, 0.6) is 0 Å². The normalized spacial score (nSPS) is 18.5. The number of nitrogens with one attached hydrogen (secondary N) is 2. The number of halogens is 1. The van der Waals surface area contributed by atoms with Crippen molar-refractivity contribution in [2.45, 2.75) is 19.4 Å². The molecule has 1 aromatic heterocycles. The lowest BCUT2D eigenvalue weighted by Crippen LogP contribution is -2.24. The zero-order chi connectivity index (χ0) is 13.7. The van der Waals surface area contributed by atoms with Gasteiger partial charge in [0.05, 0.1) is 18.4 Å². The molecule has 0 aromatic carbocycles. The van der Waals surface area contributed by atoms with Crippen molar-refractivity contribution in [2.24, 2.45) is 5.92 Å². The average Bonchev–Trinajstić information content (AvgIpc) is 2.91. The van der Waals surface area contributed by atoms with Gasteiger partial charge in [-0.3, -0.25) is 4.79 Å². The lowest BCUT2D eigenvalue weighted by Gasteiger charge is -2.12. The van der Waals surface area contributed by atoms with Crippen LogP contribution in [0, 0.1) is 5.92 Å². The smallest absolute Gasteiger partial charge is 0.283 e. The molecule has 0 radical (unpaired) electrons. The SMILES string of the molecule is C=CCn1ncc(NCCC2CCNC2)c(Br)c1=O. The lowest BCUT2D eigenvalue weighted by atomic mass is 10.1. The van der Waals surface area contributed by atoms with Gasteiger partial charge in [-0.25, -0.2) is 4.68 Å². The molecule has 5 nitrogen and oxygen atoms in total. The van der Waals surface area contributed by atoms with Gasteiger partial charge in [-0.1, -0.05) is 6.08 Å². The van der Waals surface area contributed by atoms with E-state index in [0.29, 0.717) is 11.0 Å². The topological polar surface area (TPSA) is 59.0 Å². The van der Waals surface area contributed by atoms with Crippen molar-refractivity contribution in [2.75, 3.05) is 25.0 Å². The number of aromatic nitrogens is 2. The van der Waals surface area contributed by atoms with Gasteiger partial charge in [-0.2, -0.15) is 5.10 Å². The molecule has 0 aliphatic carbocycles. The molecule has 1 unspecified atom stereocenters. The maximum Gasteiger partial charge on any atom is 0.283 e. The quantitative estimate of drug-likeness (QED) is 0.780. The Bertz CT molecular complexity index is 494. The summed E-state index contributed by atoms with van der Waals surface area (Å²) in [6.07, 6.45) is 5.68. The summed E-state index contributed by atoms with van der Waals surface area (Å²) < 4.78 is 1.91. The first-order valence-electron chi connectivity index (χ1n) is 6.53. The fourth-order valence-electron chi connectivity index (χ4n) is 2.21. The van der Waals surface area contributed by atoms with Crippen LogP contribution in [0.4, 0.5) is 5.69 Å². The summed E-state index contributed by atoms with van der Waals surface area (Å²) in [4.78, 5) is 12.0. The van der Waals surface area contributed by atoms with Gasteiger partial charge in [0.25, 0.3) is 5.56 Å². The van der Waals surface area contributed by atoms with Crippen molar-refractivity contribution in [3.63, 3.8) is 0 Å². The summed E-state index contributed by atoms with van der Waals surface area (Å²) in [6, 6.07) is 0. The minimum atomic E-state index is -0.132. The Balaban J connectivity index is 1.94. The highest BCUT2D eigenvalue weighted by Gasteiger charge is 2.14. The highest BCUT2D eigenvalue weighted by atomic mass is 79.9. The maximum atomic E-state index is 12.0. The van der Waals surface area contributed by atoms with E-state index in [1.54, 1.807) is 12.3 Å². The second-order valence-corrected chi connectivity index (χ2v) is 5.52. The van der Waals surface area contributed by atoms with E-state index in [-0.39, 0.29) is 5.56 Å². The van der Waals surface area contributed by atoms with Crippen molar-refractivity contribution in [3.05, 3.63) is 33.7 Å². The van der Waals surface area contributed by atoms with Crippen LogP contribution < -0.4 is 16.2 Å². The van der Waals surface area contributed by atoms with Crippen molar-refractivity contribution >= 4 is 21.6 Å². The fraction of sp³-hybridized carbons (Fsp3) is 0.538. The Morgan fingerprint density at radius 3 is 3.21 bits per heavy atom. The minimum Gasteiger partial charge on any atom is -0.383 e.